The lowest BCUT2D eigenvalue weighted by Crippen LogP contribution is -2.38. The summed E-state index contributed by atoms with van der Waals surface area (Å²) in [5.41, 5.74) is 4.14. The number of rotatable bonds is 5. The van der Waals surface area contributed by atoms with E-state index in [0.29, 0.717) is 6.04 Å². The number of nitrogens with zero attached hydrogens (tertiary/aromatic N) is 2. The van der Waals surface area contributed by atoms with Crippen molar-refractivity contribution in [2.75, 3.05) is 36.4 Å². The Morgan fingerprint density at radius 3 is 2.24 bits per heavy atom. The first kappa shape index (κ1) is 16.5. The maximum Gasteiger partial charge on any atom is 0.0602 e. The largest absolute Gasteiger partial charge is 0.381 e. The highest BCUT2D eigenvalue weighted by Crippen LogP contribution is 2.30. The fourth-order valence-electron chi connectivity index (χ4n) is 4.13. The van der Waals surface area contributed by atoms with E-state index in [1.807, 2.05) is 0 Å². The van der Waals surface area contributed by atoms with Gasteiger partial charge in [0.25, 0.3) is 0 Å². The van der Waals surface area contributed by atoms with Crippen molar-refractivity contribution in [1.29, 1.82) is 0 Å². The first-order valence-corrected chi connectivity index (χ1v) is 9.75. The van der Waals surface area contributed by atoms with Crippen molar-refractivity contribution < 1.29 is 0 Å². The Labute approximate surface area is 151 Å². The zero-order chi connectivity index (χ0) is 16.9. The van der Waals surface area contributed by atoms with Crippen LogP contribution in [0.15, 0.2) is 54.6 Å². The molecular weight excluding hydrogens is 306 g/mol. The molecule has 0 aromatic heterocycles. The van der Waals surface area contributed by atoms with Gasteiger partial charge in [-0.3, -0.25) is 4.90 Å². The van der Waals surface area contributed by atoms with Crippen LogP contribution in [0.25, 0.3) is 0 Å². The number of para-hydroxylation sites is 2. The highest BCUT2D eigenvalue weighted by Gasteiger charge is 2.21. The molecule has 2 aliphatic rings. The van der Waals surface area contributed by atoms with Gasteiger partial charge in [-0.2, -0.15) is 0 Å². The van der Waals surface area contributed by atoms with Crippen LogP contribution in [0.5, 0.6) is 0 Å². The molecule has 4 rings (SSSR count). The van der Waals surface area contributed by atoms with Gasteiger partial charge in [0.05, 0.1) is 11.4 Å². The van der Waals surface area contributed by atoms with E-state index in [2.05, 4.69) is 69.7 Å². The molecule has 25 heavy (non-hydrogen) atoms. The summed E-state index contributed by atoms with van der Waals surface area (Å²) in [6.07, 6.45) is 5.10. The summed E-state index contributed by atoms with van der Waals surface area (Å²) in [7, 11) is 0. The van der Waals surface area contributed by atoms with Crippen molar-refractivity contribution in [2.45, 2.75) is 38.3 Å². The highest BCUT2D eigenvalue weighted by atomic mass is 15.2. The van der Waals surface area contributed by atoms with E-state index >= 15 is 0 Å². The molecular formula is C22H29N3. The topological polar surface area (TPSA) is 18.5 Å². The Kier molecular flexibility index (Phi) is 5.22. The van der Waals surface area contributed by atoms with Gasteiger partial charge in [-0.1, -0.05) is 42.5 Å². The Morgan fingerprint density at radius 1 is 0.800 bits per heavy atom. The predicted molar refractivity (Wildman–Crippen MR) is 106 cm³/mol. The molecule has 2 saturated heterocycles. The number of anilines is 2. The smallest absolute Gasteiger partial charge is 0.0602 e. The van der Waals surface area contributed by atoms with Crippen LogP contribution in [0.3, 0.4) is 0 Å². The SMILES string of the molecule is c1ccc(CN2CCC(Nc3ccccc3N3CCCC3)CC2)cc1. The first-order chi connectivity index (χ1) is 12.4. The molecule has 0 aliphatic carbocycles. The van der Waals surface area contributed by atoms with Crippen LogP contribution in [0.1, 0.15) is 31.2 Å². The highest BCUT2D eigenvalue weighted by molar-refractivity contribution is 5.70. The second-order valence-corrected chi connectivity index (χ2v) is 7.39. The predicted octanol–water partition coefficient (Wildman–Crippen LogP) is 4.36. The van der Waals surface area contributed by atoms with Gasteiger partial charge in [-0.05, 0) is 43.4 Å². The van der Waals surface area contributed by atoms with E-state index < -0.39 is 0 Å². The van der Waals surface area contributed by atoms with Crippen LogP contribution < -0.4 is 10.2 Å². The van der Waals surface area contributed by atoms with Crippen molar-refractivity contribution in [3.8, 4) is 0 Å². The standard InChI is InChI=1S/C22H29N3/c1-2-8-19(9-3-1)18-24-16-12-20(13-17-24)23-21-10-4-5-11-22(21)25-14-6-7-15-25/h1-5,8-11,20,23H,6-7,12-18H2. The Hall–Kier alpha value is -2.00. The Bertz CT molecular complexity index is 656. The van der Waals surface area contributed by atoms with Crippen LogP contribution in [-0.4, -0.2) is 37.1 Å². The van der Waals surface area contributed by atoms with E-state index in [0.717, 1.165) is 6.54 Å². The minimum absolute atomic E-state index is 0.593. The van der Waals surface area contributed by atoms with E-state index in [9.17, 15) is 0 Å². The monoisotopic (exact) mass is 335 g/mol. The molecule has 0 saturated carbocycles. The molecule has 0 spiro atoms. The first-order valence-electron chi connectivity index (χ1n) is 9.75. The fraction of sp³-hybridized carbons (Fsp3) is 0.455. The maximum absolute atomic E-state index is 3.84. The van der Waals surface area contributed by atoms with E-state index in [4.69, 9.17) is 0 Å². The molecule has 2 aromatic rings. The van der Waals surface area contributed by atoms with Gasteiger partial charge < -0.3 is 10.2 Å². The summed E-state index contributed by atoms with van der Waals surface area (Å²) in [4.78, 5) is 5.12. The number of piperidine rings is 1. The van der Waals surface area contributed by atoms with Gasteiger partial charge in [-0.25, -0.2) is 0 Å². The minimum atomic E-state index is 0.593. The fourth-order valence-corrected chi connectivity index (χ4v) is 4.13. The molecule has 0 amide bonds. The van der Waals surface area contributed by atoms with E-state index in [1.54, 1.807) is 0 Å². The minimum Gasteiger partial charge on any atom is -0.381 e. The van der Waals surface area contributed by atoms with Gasteiger partial charge in [-0.15, -0.1) is 0 Å². The average Bonchev–Trinajstić information content (AvgIpc) is 3.19. The van der Waals surface area contributed by atoms with E-state index in [-0.39, 0.29) is 0 Å². The second kappa shape index (κ2) is 7.92. The molecule has 2 aromatic carbocycles. The zero-order valence-electron chi connectivity index (χ0n) is 15.0. The van der Waals surface area contributed by atoms with Crippen LogP contribution in [0.4, 0.5) is 11.4 Å². The van der Waals surface area contributed by atoms with Crippen LogP contribution in [-0.2, 0) is 6.54 Å². The molecule has 1 N–H and O–H groups in total. The number of hydrogen-bond acceptors (Lipinski definition) is 3. The molecule has 2 fully saturated rings. The van der Waals surface area contributed by atoms with Gasteiger partial charge in [0.15, 0.2) is 0 Å². The molecule has 132 valence electrons. The number of hydrogen-bond donors (Lipinski definition) is 1. The number of nitrogens with one attached hydrogen (secondary N) is 1. The third-order valence-electron chi connectivity index (χ3n) is 5.55. The molecule has 0 atom stereocenters. The lowest BCUT2D eigenvalue weighted by Gasteiger charge is -2.34. The normalized spacial score (nSPS) is 19.3. The van der Waals surface area contributed by atoms with Crippen molar-refractivity contribution in [1.82, 2.24) is 4.90 Å². The van der Waals surface area contributed by atoms with Gasteiger partial charge in [0.2, 0.25) is 0 Å². The lowest BCUT2D eigenvalue weighted by atomic mass is 10.0. The maximum atomic E-state index is 3.84. The number of likely N-dealkylation sites (tertiary alicyclic amines) is 1. The summed E-state index contributed by atoms with van der Waals surface area (Å²) in [6.45, 7) is 5.84. The van der Waals surface area contributed by atoms with Crippen LogP contribution in [0.2, 0.25) is 0 Å². The molecule has 2 aliphatic heterocycles. The van der Waals surface area contributed by atoms with Gasteiger partial charge >= 0.3 is 0 Å². The summed E-state index contributed by atoms with van der Waals surface area (Å²) in [5.74, 6) is 0. The van der Waals surface area contributed by atoms with Gasteiger partial charge in [0, 0.05) is 38.8 Å². The van der Waals surface area contributed by atoms with Crippen LogP contribution >= 0.6 is 0 Å². The quantitative estimate of drug-likeness (QED) is 0.876. The second-order valence-electron chi connectivity index (χ2n) is 7.39. The average molecular weight is 335 g/mol. The summed E-state index contributed by atoms with van der Waals surface area (Å²) < 4.78 is 0. The third-order valence-corrected chi connectivity index (χ3v) is 5.55. The van der Waals surface area contributed by atoms with Crippen molar-refractivity contribution >= 4 is 11.4 Å². The third kappa shape index (κ3) is 4.16. The van der Waals surface area contributed by atoms with Crippen molar-refractivity contribution in [2.24, 2.45) is 0 Å². The molecule has 2 heterocycles. The van der Waals surface area contributed by atoms with Crippen molar-refractivity contribution in [3.05, 3.63) is 60.2 Å². The van der Waals surface area contributed by atoms with E-state index in [1.165, 1.54) is 68.8 Å². The Balaban J connectivity index is 1.33. The summed E-state index contributed by atoms with van der Waals surface area (Å²) in [6, 6.07) is 20.3. The van der Waals surface area contributed by atoms with Crippen LogP contribution in [0, 0.1) is 0 Å². The molecule has 0 bridgehead atoms. The molecule has 3 nitrogen and oxygen atoms in total. The zero-order valence-corrected chi connectivity index (χ0v) is 15.0. The molecule has 0 unspecified atom stereocenters. The molecule has 3 heteroatoms. The molecule has 0 radical (unpaired) electrons. The summed E-state index contributed by atoms with van der Waals surface area (Å²) >= 11 is 0. The Morgan fingerprint density at radius 2 is 1.48 bits per heavy atom. The van der Waals surface area contributed by atoms with Crippen molar-refractivity contribution in [3.63, 3.8) is 0 Å². The lowest BCUT2D eigenvalue weighted by molar-refractivity contribution is 0.211. The summed E-state index contributed by atoms with van der Waals surface area (Å²) in [5, 5.41) is 3.84. The number of benzene rings is 2. The van der Waals surface area contributed by atoms with Gasteiger partial charge in [0.1, 0.15) is 0 Å².